The maximum absolute atomic E-state index is 12.2. The topological polar surface area (TPSA) is 99.4 Å². The number of hydrogen-bond acceptors (Lipinski definition) is 7. The first-order valence-electron chi connectivity index (χ1n) is 10.6. The van der Waals surface area contributed by atoms with E-state index in [1.54, 1.807) is 37.7 Å². The molecule has 0 bridgehead atoms. The minimum absolute atomic E-state index is 0.370. The number of unbranched alkanes of at least 4 members (excludes halogenated alkanes) is 5. The summed E-state index contributed by atoms with van der Waals surface area (Å²) in [6, 6.07) is 7.06. The van der Waals surface area contributed by atoms with E-state index in [4.69, 9.17) is 13.9 Å². The molecule has 0 saturated heterocycles. The van der Waals surface area contributed by atoms with Crippen molar-refractivity contribution >= 4 is 6.09 Å². The number of carbonyl (C=O) groups is 1. The number of nitrogens with one attached hydrogen (secondary N) is 1. The number of methoxy groups -OCH3 is 1. The molecule has 1 aromatic carbocycles. The fourth-order valence-corrected chi connectivity index (χ4v) is 3.22. The van der Waals surface area contributed by atoms with Gasteiger partial charge < -0.3 is 19.2 Å². The molecule has 31 heavy (non-hydrogen) atoms. The van der Waals surface area contributed by atoms with E-state index in [1.165, 1.54) is 32.1 Å². The Kier molecular flexibility index (Phi) is 8.39. The predicted octanol–water partition coefficient (Wildman–Crippen LogP) is 5.26. The average Bonchev–Trinajstić information content (AvgIpc) is 3.34. The Morgan fingerprint density at radius 3 is 2.65 bits per heavy atom. The van der Waals surface area contributed by atoms with Gasteiger partial charge in [0.15, 0.2) is 0 Å². The molecule has 2 heterocycles. The third kappa shape index (κ3) is 6.53. The largest absolute Gasteiger partial charge is 0.496 e. The van der Waals surface area contributed by atoms with Crippen LogP contribution in [0, 0.1) is 0 Å². The summed E-state index contributed by atoms with van der Waals surface area (Å²) >= 11 is 0. The number of carbonyl (C=O) groups excluding carboxylic acids is 1. The van der Waals surface area contributed by atoms with Gasteiger partial charge in [-0.3, -0.25) is 4.98 Å². The zero-order chi connectivity index (χ0) is 21.9. The summed E-state index contributed by atoms with van der Waals surface area (Å²) in [5.74, 6) is 1.42. The Hall–Kier alpha value is -3.42. The third-order valence-electron chi connectivity index (χ3n) is 4.84. The van der Waals surface area contributed by atoms with E-state index < -0.39 is 6.09 Å². The minimum Gasteiger partial charge on any atom is -0.496 e. The molecule has 3 rings (SSSR count). The second-order valence-electron chi connectivity index (χ2n) is 7.15. The first-order chi connectivity index (χ1) is 15.2. The number of aromatic nitrogens is 3. The van der Waals surface area contributed by atoms with Crippen LogP contribution in [-0.4, -0.2) is 34.9 Å². The van der Waals surface area contributed by atoms with Gasteiger partial charge in [-0.1, -0.05) is 39.0 Å². The van der Waals surface area contributed by atoms with Gasteiger partial charge in [0.05, 0.1) is 12.7 Å². The molecule has 0 radical (unpaired) electrons. The SMILES string of the molecule is CCCCCCCCNC(=O)Oc1ccc(OC)c(-c2cncc(-c3nnco3)c2)c1. The monoisotopic (exact) mass is 424 g/mol. The van der Waals surface area contributed by atoms with Crippen LogP contribution in [0.3, 0.4) is 0 Å². The smallest absolute Gasteiger partial charge is 0.412 e. The fraction of sp³-hybridized carbons (Fsp3) is 0.391. The van der Waals surface area contributed by atoms with Gasteiger partial charge in [0.2, 0.25) is 12.3 Å². The summed E-state index contributed by atoms with van der Waals surface area (Å²) in [7, 11) is 1.59. The van der Waals surface area contributed by atoms with Crippen molar-refractivity contribution in [2.75, 3.05) is 13.7 Å². The standard InChI is InChI=1S/C23H28N4O4/c1-3-4-5-6-7-8-11-25-23(28)31-19-9-10-21(29-2)20(13-19)17-12-18(15-24-14-17)22-27-26-16-30-22/h9-10,12-16H,3-8,11H2,1-2H3,(H,25,28). The van der Waals surface area contributed by atoms with Crippen molar-refractivity contribution in [3.8, 4) is 34.1 Å². The molecular formula is C23H28N4O4. The number of pyridine rings is 1. The Labute approximate surface area is 182 Å². The number of nitrogens with zero attached hydrogens (tertiary/aromatic N) is 3. The summed E-state index contributed by atoms with van der Waals surface area (Å²) in [4.78, 5) is 16.4. The molecule has 1 amide bonds. The summed E-state index contributed by atoms with van der Waals surface area (Å²) < 4.78 is 16.2. The molecule has 0 spiro atoms. The number of benzene rings is 1. The molecule has 164 valence electrons. The highest BCUT2D eigenvalue weighted by Crippen LogP contribution is 2.34. The summed E-state index contributed by atoms with van der Waals surface area (Å²) in [5, 5.41) is 10.4. The van der Waals surface area contributed by atoms with Crippen molar-refractivity contribution in [2.45, 2.75) is 45.4 Å². The molecule has 8 nitrogen and oxygen atoms in total. The van der Waals surface area contributed by atoms with Crippen LogP contribution in [0.25, 0.3) is 22.6 Å². The van der Waals surface area contributed by atoms with Crippen LogP contribution in [0.1, 0.15) is 45.4 Å². The zero-order valence-corrected chi connectivity index (χ0v) is 18.0. The van der Waals surface area contributed by atoms with Crippen molar-refractivity contribution in [1.82, 2.24) is 20.5 Å². The highest BCUT2D eigenvalue weighted by atomic mass is 16.6. The average molecular weight is 425 g/mol. The first-order valence-corrected chi connectivity index (χ1v) is 10.6. The lowest BCUT2D eigenvalue weighted by atomic mass is 10.0. The van der Waals surface area contributed by atoms with Gasteiger partial charge >= 0.3 is 6.09 Å². The van der Waals surface area contributed by atoms with Gasteiger partial charge in [-0.25, -0.2) is 4.79 Å². The van der Waals surface area contributed by atoms with Crippen LogP contribution >= 0.6 is 0 Å². The second kappa shape index (κ2) is 11.7. The molecule has 0 saturated carbocycles. The Morgan fingerprint density at radius 2 is 1.87 bits per heavy atom. The normalized spacial score (nSPS) is 10.6. The van der Waals surface area contributed by atoms with Gasteiger partial charge in [-0.05, 0) is 30.7 Å². The van der Waals surface area contributed by atoms with Crippen molar-refractivity contribution < 1.29 is 18.7 Å². The van der Waals surface area contributed by atoms with Gasteiger partial charge in [0.25, 0.3) is 0 Å². The number of rotatable bonds is 11. The maximum atomic E-state index is 12.2. The number of hydrogen-bond donors (Lipinski definition) is 1. The van der Waals surface area contributed by atoms with Crippen molar-refractivity contribution in [3.63, 3.8) is 0 Å². The fourth-order valence-electron chi connectivity index (χ4n) is 3.22. The molecule has 0 fully saturated rings. The third-order valence-corrected chi connectivity index (χ3v) is 4.84. The van der Waals surface area contributed by atoms with Gasteiger partial charge in [-0.2, -0.15) is 0 Å². The van der Waals surface area contributed by atoms with Crippen LogP contribution in [-0.2, 0) is 0 Å². The molecule has 0 atom stereocenters. The van der Waals surface area contributed by atoms with E-state index in [2.05, 4.69) is 27.4 Å². The van der Waals surface area contributed by atoms with E-state index >= 15 is 0 Å². The van der Waals surface area contributed by atoms with Crippen molar-refractivity contribution in [1.29, 1.82) is 0 Å². The van der Waals surface area contributed by atoms with E-state index in [9.17, 15) is 4.79 Å². The highest BCUT2D eigenvalue weighted by molar-refractivity contribution is 5.76. The summed E-state index contributed by atoms with van der Waals surface area (Å²) in [6.07, 6.45) is 11.1. The molecule has 3 aromatic rings. The molecular weight excluding hydrogens is 396 g/mol. The summed E-state index contributed by atoms with van der Waals surface area (Å²) in [6.45, 7) is 2.80. The van der Waals surface area contributed by atoms with E-state index in [0.717, 1.165) is 24.0 Å². The van der Waals surface area contributed by atoms with Crippen LogP contribution in [0.2, 0.25) is 0 Å². The highest BCUT2D eigenvalue weighted by Gasteiger charge is 2.13. The lowest BCUT2D eigenvalue weighted by Gasteiger charge is -2.12. The zero-order valence-electron chi connectivity index (χ0n) is 18.0. The van der Waals surface area contributed by atoms with Crippen molar-refractivity contribution in [2.24, 2.45) is 0 Å². The Balaban J connectivity index is 1.63. The molecule has 0 aliphatic rings. The van der Waals surface area contributed by atoms with Crippen LogP contribution < -0.4 is 14.8 Å². The number of ether oxygens (including phenoxy) is 2. The quantitative estimate of drug-likeness (QED) is 0.419. The molecule has 8 heteroatoms. The number of amides is 1. The van der Waals surface area contributed by atoms with Crippen molar-refractivity contribution in [3.05, 3.63) is 43.1 Å². The molecule has 0 aliphatic carbocycles. The molecule has 1 N–H and O–H groups in total. The first kappa shape index (κ1) is 22.3. The van der Waals surface area contributed by atoms with Crippen LogP contribution in [0.15, 0.2) is 47.5 Å². The summed E-state index contributed by atoms with van der Waals surface area (Å²) in [5.41, 5.74) is 2.18. The van der Waals surface area contributed by atoms with Crippen LogP contribution in [0.4, 0.5) is 4.79 Å². The van der Waals surface area contributed by atoms with E-state index in [-0.39, 0.29) is 0 Å². The van der Waals surface area contributed by atoms with Gasteiger partial charge in [0, 0.05) is 30.1 Å². The maximum Gasteiger partial charge on any atom is 0.412 e. The van der Waals surface area contributed by atoms with E-state index in [0.29, 0.717) is 29.5 Å². The Bertz CT molecular complexity index is 960. The van der Waals surface area contributed by atoms with Crippen LogP contribution in [0.5, 0.6) is 11.5 Å². The lowest BCUT2D eigenvalue weighted by molar-refractivity contribution is 0.200. The lowest BCUT2D eigenvalue weighted by Crippen LogP contribution is -2.27. The minimum atomic E-state index is -0.470. The second-order valence-corrected chi connectivity index (χ2v) is 7.15. The van der Waals surface area contributed by atoms with E-state index in [1.807, 2.05) is 6.07 Å². The predicted molar refractivity (Wildman–Crippen MR) is 117 cm³/mol. The molecule has 0 unspecified atom stereocenters. The molecule has 0 aliphatic heterocycles. The van der Waals surface area contributed by atoms with Gasteiger partial charge in [-0.15, -0.1) is 10.2 Å². The van der Waals surface area contributed by atoms with Gasteiger partial charge in [0.1, 0.15) is 11.5 Å². The Morgan fingerprint density at radius 1 is 1.06 bits per heavy atom. The molecule has 2 aromatic heterocycles.